The highest BCUT2D eigenvalue weighted by Gasteiger charge is 2.15. The second-order valence-corrected chi connectivity index (χ2v) is 5.86. The molecule has 0 spiro atoms. The normalized spacial score (nSPS) is 12.0. The fraction of sp³-hybridized carbons (Fsp3) is 0.357. The van der Waals surface area contributed by atoms with Crippen molar-refractivity contribution in [3.63, 3.8) is 0 Å². The third-order valence-corrected chi connectivity index (χ3v) is 3.78. The summed E-state index contributed by atoms with van der Waals surface area (Å²) in [7, 11) is 0. The topological polar surface area (TPSA) is 83.1 Å². The molecular weight excluding hydrogens is 288 g/mol. The van der Waals surface area contributed by atoms with Crippen molar-refractivity contribution in [1.29, 1.82) is 0 Å². The molecule has 1 atom stereocenters. The minimum atomic E-state index is -0.515. The van der Waals surface area contributed by atoms with E-state index in [2.05, 4.69) is 20.9 Å². The molecule has 7 heteroatoms. The SMILES string of the molecule is CCNC(=O)NC(=O)C(C)Nc1ccc2nc(C)sc2c1. The first-order chi connectivity index (χ1) is 9.99. The fourth-order valence-corrected chi connectivity index (χ4v) is 2.74. The van der Waals surface area contributed by atoms with Crippen molar-refractivity contribution in [2.45, 2.75) is 26.8 Å². The number of aryl methyl sites for hydroxylation is 1. The fourth-order valence-electron chi connectivity index (χ4n) is 1.87. The van der Waals surface area contributed by atoms with Crippen molar-refractivity contribution < 1.29 is 9.59 Å². The molecule has 6 nitrogen and oxygen atoms in total. The molecule has 112 valence electrons. The minimum absolute atomic E-state index is 0.374. The number of imide groups is 1. The molecule has 1 aromatic carbocycles. The van der Waals surface area contributed by atoms with Crippen LogP contribution in [0.15, 0.2) is 18.2 Å². The lowest BCUT2D eigenvalue weighted by molar-refractivity contribution is -0.120. The monoisotopic (exact) mass is 306 g/mol. The number of fused-ring (bicyclic) bond motifs is 1. The number of carbonyl (C=O) groups is 2. The molecule has 0 saturated carbocycles. The van der Waals surface area contributed by atoms with E-state index in [1.165, 1.54) is 0 Å². The summed E-state index contributed by atoms with van der Waals surface area (Å²) in [4.78, 5) is 27.6. The number of nitrogens with zero attached hydrogens (tertiary/aromatic N) is 1. The van der Waals surface area contributed by atoms with Crippen molar-refractivity contribution in [3.05, 3.63) is 23.2 Å². The largest absolute Gasteiger partial charge is 0.374 e. The van der Waals surface area contributed by atoms with Crippen molar-refractivity contribution in [1.82, 2.24) is 15.6 Å². The van der Waals surface area contributed by atoms with Gasteiger partial charge in [-0.1, -0.05) is 0 Å². The maximum atomic E-state index is 11.9. The number of carbonyl (C=O) groups excluding carboxylic acids is 2. The summed E-state index contributed by atoms with van der Waals surface area (Å²) in [6, 6.07) is 4.74. The summed E-state index contributed by atoms with van der Waals surface area (Å²) in [5.41, 5.74) is 1.77. The van der Waals surface area contributed by atoms with E-state index >= 15 is 0 Å². The molecule has 1 aromatic heterocycles. The predicted octanol–water partition coefficient (Wildman–Crippen LogP) is 2.25. The molecular formula is C14H18N4O2S. The molecule has 2 rings (SSSR count). The van der Waals surface area contributed by atoms with Crippen LogP contribution in [0.25, 0.3) is 10.2 Å². The van der Waals surface area contributed by atoms with Crippen LogP contribution < -0.4 is 16.0 Å². The van der Waals surface area contributed by atoms with Gasteiger partial charge in [0.15, 0.2) is 0 Å². The predicted molar refractivity (Wildman–Crippen MR) is 84.7 cm³/mol. The van der Waals surface area contributed by atoms with E-state index in [1.54, 1.807) is 25.2 Å². The number of benzene rings is 1. The third-order valence-electron chi connectivity index (χ3n) is 2.85. The second-order valence-electron chi connectivity index (χ2n) is 4.63. The highest BCUT2D eigenvalue weighted by Crippen LogP contribution is 2.24. The van der Waals surface area contributed by atoms with Crippen molar-refractivity contribution >= 4 is 39.2 Å². The Morgan fingerprint density at radius 1 is 1.38 bits per heavy atom. The Balaban J connectivity index is 2.01. The van der Waals surface area contributed by atoms with E-state index in [-0.39, 0.29) is 5.91 Å². The quantitative estimate of drug-likeness (QED) is 0.809. The van der Waals surface area contributed by atoms with Gasteiger partial charge in [-0.3, -0.25) is 10.1 Å². The number of anilines is 1. The molecule has 21 heavy (non-hydrogen) atoms. The van der Waals surface area contributed by atoms with E-state index in [0.717, 1.165) is 20.9 Å². The Kier molecular flexibility index (Phi) is 4.74. The van der Waals surface area contributed by atoms with Crippen LogP contribution in [0.2, 0.25) is 0 Å². The average Bonchev–Trinajstić information content (AvgIpc) is 2.78. The number of urea groups is 1. The zero-order chi connectivity index (χ0) is 15.4. The first kappa shape index (κ1) is 15.2. The van der Waals surface area contributed by atoms with Gasteiger partial charge >= 0.3 is 6.03 Å². The number of nitrogens with one attached hydrogen (secondary N) is 3. The summed E-state index contributed by atoms with van der Waals surface area (Å²) in [6.07, 6.45) is 0. The number of amides is 3. The Morgan fingerprint density at radius 2 is 2.14 bits per heavy atom. The Morgan fingerprint density at radius 3 is 2.86 bits per heavy atom. The zero-order valence-corrected chi connectivity index (χ0v) is 13.0. The van der Waals surface area contributed by atoms with Gasteiger partial charge in [0, 0.05) is 12.2 Å². The zero-order valence-electron chi connectivity index (χ0n) is 12.2. The highest BCUT2D eigenvalue weighted by atomic mass is 32.1. The summed E-state index contributed by atoms with van der Waals surface area (Å²) >= 11 is 1.60. The first-order valence-corrected chi connectivity index (χ1v) is 7.53. The number of rotatable bonds is 4. The van der Waals surface area contributed by atoms with E-state index < -0.39 is 12.1 Å². The molecule has 0 fully saturated rings. The Bertz CT molecular complexity index is 668. The second kappa shape index (κ2) is 6.53. The van der Waals surface area contributed by atoms with Crippen LogP contribution in [-0.4, -0.2) is 29.5 Å². The van der Waals surface area contributed by atoms with Gasteiger partial charge in [-0.15, -0.1) is 11.3 Å². The van der Waals surface area contributed by atoms with Gasteiger partial charge < -0.3 is 10.6 Å². The summed E-state index contributed by atoms with van der Waals surface area (Å²) in [5.74, 6) is -0.374. The highest BCUT2D eigenvalue weighted by molar-refractivity contribution is 7.18. The van der Waals surface area contributed by atoms with Gasteiger partial charge in [-0.05, 0) is 39.0 Å². The van der Waals surface area contributed by atoms with Gasteiger partial charge in [0.2, 0.25) is 5.91 Å². The van der Waals surface area contributed by atoms with Crippen LogP contribution in [0.3, 0.4) is 0 Å². The molecule has 2 aromatic rings. The minimum Gasteiger partial charge on any atom is -0.374 e. The lowest BCUT2D eigenvalue weighted by Crippen LogP contribution is -2.45. The van der Waals surface area contributed by atoms with Crippen molar-refractivity contribution in [2.24, 2.45) is 0 Å². The molecule has 1 heterocycles. The van der Waals surface area contributed by atoms with Crippen LogP contribution >= 0.6 is 11.3 Å². The standard InChI is InChI=1S/C14H18N4O2S/c1-4-15-14(20)18-13(19)8(2)16-10-5-6-11-12(7-10)21-9(3)17-11/h5-8,16H,4H2,1-3H3,(H2,15,18,19,20). The number of hydrogen-bond donors (Lipinski definition) is 3. The van der Waals surface area contributed by atoms with Gasteiger partial charge in [-0.2, -0.15) is 0 Å². The van der Waals surface area contributed by atoms with Crippen molar-refractivity contribution in [2.75, 3.05) is 11.9 Å². The van der Waals surface area contributed by atoms with E-state index in [4.69, 9.17) is 0 Å². The molecule has 0 radical (unpaired) electrons. The first-order valence-electron chi connectivity index (χ1n) is 6.72. The van der Waals surface area contributed by atoms with Gasteiger partial charge in [0.1, 0.15) is 6.04 Å². The summed E-state index contributed by atoms with van der Waals surface area (Å²) in [6.45, 7) is 5.93. The molecule has 0 aliphatic rings. The van der Waals surface area contributed by atoms with Gasteiger partial charge in [0.05, 0.1) is 15.2 Å². The van der Waals surface area contributed by atoms with Crippen LogP contribution in [0.5, 0.6) is 0 Å². The molecule has 0 bridgehead atoms. The van der Waals surface area contributed by atoms with Crippen LogP contribution in [-0.2, 0) is 4.79 Å². The third kappa shape index (κ3) is 3.91. The smallest absolute Gasteiger partial charge is 0.321 e. The van der Waals surface area contributed by atoms with Crippen LogP contribution in [0.1, 0.15) is 18.9 Å². The molecule has 0 saturated heterocycles. The number of hydrogen-bond acceptors (Lipinski definition) is 5. The Labute approximate surface area is 127 Å². The lowest BCUT2D eigenvalue weighted by Gasteiger charge is -2.14. The number of aromatic nitrogens is 1. The van der Waals surface area contributed by atoms with Gasteiger partial charge in [-0.25, -0.2) is 9.78 Å². The Hall–Kier alpha value is -2.15. The molecule has 1 unspecified atom stereocenters. The number of thiazole rings is 1. The van der Waals surface area contributed by atoms with Gasteiger partial charge in [0.25, 0.3) is 0 Å². The molecule has 0 aliphatic heterocycles. The summed E-state index contributed by atoms with van der Waals surface area (Å²) < 4.78 is 1.06. The van der Waals surface area contributed by atoms with E-state index in [9.17, 15) is 9.59 Å². The average molecular weight is 306 g/mol. The maximum Gasteiger partial charge on any atom is 0.321 e. The molecule has 3 amide bonds. The van der Waals surface area contributed by atoms with E-state index in [1.807, 2.05) is 25.1 Å². The summed E-state index contributed by atoms with van der Waals surface area (Å²) in [5, 5.41) is 8.88. The molecule has 0 aliphatic carbocycles. The van der Waals surface area contributed by atoms with Crippen LogP contribution in [0, 0.1) is 6.92 Å². The maximum absolute atomic E-state index is 11.9. The van der Waals surface area contributed by atoms with E-state index in [0.29, 0.717) is 6.54 Å². The lowest BCUT2D eigenvalue weighted by atomic mass is 10.2. The molecule has 3 N–H and O–H groups in total. The van der Waals surface area contributed by atoms with Crippen molar-refractivity contribution in [3.8, 4) is 0 Å². The van der Waals surface area contributed by atoms with Crippen LogP contribution in [0.4, 0.5) is 10.5 Å².